The van der Waals surface area contributed by atoms with Crippen LogP contribution in [0.4, 0.5) is 0 Å². The molecule has 0 spiro atoms. The number of carboxylic acids is 1. The lowest BCUT2D eigenvalue weighted by Crippen LogP contribution is -2.64. The number of ether oxygens (including phenoxy) is 4. The summed E-state index contributed by atoms with van der Waals surface area (Å²) in [6, 6.07) is 4.32. The normalized spacial score (nSPS) is 19.4. The van der Waals surface area contributed by atoms with E-state index in [1.165, 1.54) is 0 Å². The lowest BCUT2D eigenvalue weighted by atomic mass is 10.0. The minimum atomic E-state index is -3.05. The summed E-state index contributed by atoms with van der Waals surface area (Å²) in [5, 5.41) is 48.0. The largest absolute Gasteiger partial charge is 0.481 e. The molecule has 0 radical (unpaired) electrons. The van der Waals surface area contributed by atoms with Crippen molar-refractivity contribution in [3.05, 3.63) is 35.9 Å². The van der Waals surface area contributed by atoms with E-state index in [4.69, 9.17) is 30.1 Å². The van der Waals surface area contributed by atoms with Crippen molar-refractivity contribution in [3.63, 3.8) is 0 Å². The van der Waals surface area contributed by atoms with E-state index in [2.05, 4.69) is 37.2 Å². The molecule has 4 atom stereocenters. The molecule has 1 aromatic rings. The van der Waals surface area contributed by atoms with Gasteiger partial charge in [0.2, 0.25) is 41.2 Å². The van der Waals surface area contributed by atoms with Gasteiger partial charge in [-0.15, -0.1) is 0 Å². The third kappa shape index (κ3) is 24.9. The van der Waals surface area contributed by atoms with E-state index in [-0.39, 0.29) is 82.6 Å². The second kappa shape index (κ2) is 32.7. The minimum Gasteiger partial charge on any atom is -0.481 e. The molecule has 2 unspecified atom stereocenters. The summed E-state index contributed by atoms with van der Waals surface area (Å²) in [5.74, 6) is -7.36. The van der Waals surface area contributed by atoms with Gasteiger partial charge in [-0.25, -0.2) is 0 Å². The molecule has 0 saturated carbocycles. The summed E-state index contributed by atoms with van der Waals surface area (Å²) in [6.07, 6.45) is 0.751. The van der Waals surface area contributed by atoms with Gasteiger partial charge in [-0.1, -0.05) is 37.3 Å². The summed E-state index contributed by atoms with van der Waals surface area (Å²) in [6.45, 7) is 4.55. The summed E-state index contributed by atoms with van der Waals surface area (Å²) in [7, 11) is 0. The highest BCUT2D eigenvalue weighted by Crippen LogP contribution is 2.12. The maximum Gasteiger partial charge on any atom is 0.308 e. The number of amides is 7. The Bertz CT molecular complexity index is 1710. The van der Waals surface area contributed by atoms with Crippen molar-refractivity contribution in [2.75, 3.05) is 79.0 Å². The zero-order valence-corrected chi connectivity index (χ0v) is 37.5. The van der Waals surface area contributed by atoms with E-state index in [1.807, 2.05) is 12.2 Å². The Kier molecular flexibility index (Phi) is 27.8. The Morgan fingerprint density at radius 2 is 1.26 bits per heavy atom. The number of aliphatic hydroxyl groups is 1. The molecule has 66 heavy (non-hydrogen) atoms. The first-order valence-corrected chi connectivity index (χ1v) is 22.0. The number of rotatable bonds is 30. The maximum atomic E-state index is 14.0. The van der Waals surface area contributed by atoms with Crippen molar-refractivity contribution in [1.82, 2.24) is 42.5 Å². The second-order valence-corrected chi connectivity index (χ2v) is 15.2. The van der Waals surface area contributed by atoms with Gasteiger partial charge in [0.05, 0.1) is 59.4 Å². The highest BCUT2D eigenvalue weighted by Gasteiger charge is 2.42. The monoisotopic (exact) mass is 936 g/mol. The zero-order chi connectivity index (χ0) is 48.6. The first-order chi connectivity index (χ1) is 31.6. The van der Waals surface area contributed by atoms with E-state index >= 15 is 0 Å². The van der Waals surface area contributed by atoms with Crippen LogP contribution in [0.5, 0.6) is 0 Å². The molecule has 370 valence electrons. The van der Waals surface area contributed by atoms with Crippen LogP contribution < -0.4 is 48.3 Å². The van der Waals surface area contributed by atoms with Crippen molar-refractivity contribution >= 4 is 53.3 Å². The number of guanidine groups is 1. The van der Waals surface area contributed by atoms with Crippen LogP contribution in [0.2, 0.25) is 0 Å². The molecule has 1 fully saturated rings. The van der Waals surface area contributed by atoms with Crippen LogP contribution >= 0.6 is 0 Å². The Labute approximate surface area is 383 Å². The van der Waals surface area contributed by atoms with E-state index < -0.39 is 72.3 Å². The van der Waals surface area contributed by atoms with Gasteiger partial charge in [0.15, 0.2) is 5.96 Å². The first kappa shape index (κ1) is 56.2. The van der Waals surface area contributed by atoms with E-state index in [9.17, 15) is 48.6 Å². The zero-order valence-electron chi connectivity index (χ0n) is 37.5. The highest BCUT2D eigenvalue weighted by molar-refractivity contribution is 5.99. The fourth-order valence-electron chi connectivity index (χ4n) is 6.21. The maximum absolute atomic E-state index is 14.0. The topological polar surface area (TPSA) is 360 Å². The molecule has 0 aliphatic carbocycles. The number of benzene rings is 1. The quantitative estimate of drug-likeness (QED) is 0.0208. The summed E-state index contributed by atoms with van der Waals surface area (Å²) in [4.78, 5) is 103. The van der Waals surface area contributed by atoms with Crippen molar-refractivity contribution in [1.29, 1.82) is 5.41 Å². The predicted molar refractivity (Wildman–Crippen MR) is 236 cm³/mol. The molecule has 1 aromatic carbocycles. The standard InChI is InChI=1S/C42H68N10O14/c1-2-9-33(53)46-17-19-64-21-23-66-25-24-65-22-20-63-18-14-34(54)45-15-7-6-12-31-38(59)49-30(13-8-16-47-41(43)44)37(58)48-28-35(55)52-42(62,27-36(56)57)40(61)51-32(39(60)50-31)26-29-10-4-3-5-11-29/h3-5,10-11,30-32,62H,2,6-9,12-28H2,1H3,(H,45,54)(H,46,53)(H,48,58)(H,49,59)(H,50,60)(H,51,61)(H,52,55)(H,56,57)(H4,43,44,47)/t30?,31-,32-,42?/m1/s1. The van der Waals surface area contributed by atoms with E-state index in [1.54, 1.807) is 30.3 Å². The summed E-state index contributed by atoms with van der Waals surface area (Å²) < 4.78 is 21.8. The fraction of sp³-hybridized carbons (Fsp3) is 0.643. The molecule has 1 heterocycles. The third-order valence-electron chi connectivity index (χ3n) is 9.58. The number of hydrogen-bond acceptors (Lipinski definition) is 14. The van der Waals surface area contributed by atoms with Crippen LogP contribution in [0, 0.1) is 5.41 Å². The van der Waals surface area contributed by atoms with Gasteiger partial charge in [-0.3, -0.25) is 43.8 Å². The van der Waals surface area contributed by atoms with E-state index in [0.717, 1.165) is 6.42 Å². The van der Waals surface area contributed by atoms with Crippen LogP contribution in [0.25, 0.3) is 0 Å². The molecule has 1 aliphatic heterocycles. The molecular formula is C42H68N10O14. The Morgan fingerprint density at radius 3 is 1.88 bits per heavy atom. The summed E-state index contributed by atoms with van der Waals surface area (Å²) >= 11 is 0. The van der Waals surface area contributed by atoms with Crippen molar-refractivity contribution in [2.45, 2.75) is 95.0 Å². The molecule has 7 amide bonds. The molecule has 1 saturated heterocycles. The number of nitrogens with two attached hydrogens (primary N) is 1. The lowest BCUT2D eigenvalue weighted by Gasteiger charge is -2.29. The molecule has 0 aromatic heterocycles. The molecule has 13 N–H and O–H groups in total. The van der Waals surface area contributed by atoms with Crippen LogP contribution in [0.15, 0.2) is 30.3 Å². The van der Waals surface area contributed by atoms with Crippen LogP contribution in [-0.2, 0) is 63.7 Å². The van der Waals surface area contributed by atoms with Crippen LogP contribution in [0.1, 0.15) is 70.3 Å². The number of aliphatic carboxylic acids is 1. The first-order valence-electron chi connectivity index (χ1n) is 22.0. The molecule has 1 aliphatic rings. The minimum absolute atomic E-state index is 0.00440. The van der Waals surface area contributed by atoms with E-state index in [0.29, 0.717) is 64.6 Å². The second-order valence-electron chi connectivity index (χ2n) is 15.2. The number of unbranched alkanes of at least 4 members (excludes halogenated alkanes) is 1. The Balaban J connectivity index is 1.96. The smallest absolute Gasteiger partial charge is 0.308 e. The number of carboxylic acid groups (broad SMARTS) is 1. The fourth-order valence-corrected chi connectivity index (χ4v) is 6.21. The average molecular weight is 937 g/mol. The SMILES string of the molecule is CCCC(=O)NCCOCCOCCOCCOCCC(=O)NCCCC[C@H]1NC(=O)[C@@H](Cc2ccccc2)NC(=O)C(O)(CC(=O)O)NC(=O)CNC(=O)C(CCCNC(=N)N)NC1=O. The van der Waals surface area contributed by atoms with Crippen molar-refractivity contribution in [2.24, 2.45) is 5.73 Å². The highest BCUT2D eigenvalue weighted by atomic mass is 16.6. The van der Waals surface area contributed by atoms with Gasteiger partial charge in [-0.2, -0.15) is 0 Å². The van der Waals surface area contributed by atoms with Crippen molar-refractivity contribution in [3.8, 4) is 0 Å². The molecule has 0 bridgehead atoms. The Morgan fingerprint density at radius 1 is 0.712 bits per heavy atom. The predicted octanol–water partition coefficient (Wildman–Crippen LogP) is -2.98. The van der Waals surface area contributed by atoms with Crippen LogP contribution in [-0.4, -0.2) is 166 Å². The van der Waals surface area contributed by atoms with Gasteiger partial charge in [-0.05, 0) is 44.1 Å². The molecular weight excluding hydrogens is 869 g/mol. The number of nitrogens with one attached hydrogen (secondary N) is 9. The van der Waals surface area contributed by atoms with Gasteiger partial charge >= 0.3 is 5.97 Å². The molecule has 24 heteroatoms. The Hall–Kier alpha value is -5.95. The molecule has 2 rings (SSSR count). The number of carbonyl (C=O) groups excluding carboxylic acids is 7. The van der Waals surface area contributed by atoms with Gasteiger partial charge < -0.3 is 77.4 Å². The van der Waals surface area contributed by atoms with Gasteiger partial charge in [0, 0.05) is 38.9 Å². The number of hydrogen-bond donors (Lipinski definition) is 12. The van der Waals surface area contributed by atoms with Crippen LogP contribution in [0.3, 0.4) is 0 Å². The lowest BCUT2D eigenvalue weighted by molar-refractivity contribution is -0.159. The van der Waals surface area contributed by atoms with Crippen molar-refractivity contribution < 1.29 is 67.5 Å². The average Bonchev–Trinajstić information content (AvgIpc) is 3.26. The number of carbonyl (C=O) groups is 8. The van der Waals surface area contributed by atoms with Gasteiger partial charge in [0.1, 0.15) is 24.5 Å². The third-order valence-corrected chi connectivity index (χ3v) is 9.58. The summed E-state index contributed by atoms with van der Waals surface area (Å²) in [5.41, 5.74) is 2.85. The molecule has 24 nitrogen and oxygen atoms in total. The van der Waals surface area contributed by atoms with Gasteiger partial charge in [0.25, 0.3) is 5.91 Å².